The predicted octanol–water partition coefficient (Wildman–Crippen LogP) is 22.4. The molecule has 0 radical (unpaired) electrons. The van der Waals surface area contributed by atoms with E-state index in [1.165, 1.54) is 180 Å². The maximum atomic E-state index is 12.9. The summed E-state index contributed by atoms with van der Waals surface area (Å²) in [4.78, 5) is 38.3. The van der Waals surface area contributed by atoms with E-state index in [1.807, 2.05) is 0 Å². The summed E-state index contributed by atoms with van der Waals surface area (Å²) in [5.41, 5.74) is 0. The van der Waals surface area contributed by atoms with Crippen LogP contribution in [0, 0.1) is 0 Å². The lowest BCUT2D eigenvalue weighted by Gasteiger charge is -2.18. The van der Waals surface area contributed by atoms with Gasteiger partial charge >= 0.3 is 17.9 Å². The number of unbranched alkanes of at least 4 members (excludes halogenated alkanes) is 32. The van der Waals surface area contributed by atoms with Crippen molar-refractivity contribution in [1.29, 1.82) is 0 Å². The van der Waals surface area contributed by atoms with E-state index in [-0.39, 0.29) is 37.5 Å². The van der Waals surface area contributed by atoms with Crippen LogP contribution in [-0.4, -0.2) is 37.2 Å². The zero-order chi connectivity index (χ0) is 55.7. The van der Waals surface area contributed by atoms with E-state index in [1.54, 1.807) is 0 Å². The molecule has 0 N–H and O–H groups in total. The van der Waals surface area contributed by atoms with Crippen LogP contribution in [0.1, 0.15) is 316 Å². The molecule has 0 spiro atoms. The normalized spacial score (nSPS) is 12.7. The first kappa shape index (κ1) is 73.3. The van der Waals surface area contributed by atoms with Gasteiger partial charge in [0.15, 0.2) is 6.10 Å². The van der Waals surface area contributed by atoms with Gasteiger partial charge in [-0.2, -0.15) is 0 Å². The second-order valence-corrected chi connectivity index (χ2v) is 21.6. The molecule has 0 amide bonds. The van der Waals surface area contributed by atoms with Crippen molar-refractivity contribution in [2.75, 3.05) is 13.2 Å². The Morgan fingerprint density at radius 3 is 0.857 bits per heavy atom. The predicted molar refractivity (Wildman–Crippen MR) is 334 cm³/mol. The average Bonchev–Trinajstić information content (AvgIpc) is 3.43. The molecule has 0 bridgehead atoms. The molecule has 1 unspecified atom stereocenters. The minimum atomic E-state index is -0.803. The Morgan fingerprint density at radius 1 is 0.273 bits per heavy atom. The number of rotatable bonds is 59. The molecule has 0 heterocycles. The molecule has 0 aliphatic heterocycles. The second kappa shape index (κ2) is 64.9. The largest absolute Gasteiger partial charge is 0.462 e. The van der Waals surface area contributed by atoms with E-state index in [9.17, 15) is 14.4 Å². The Morgan fingerprint density at radius 2 is 0.519 bits per heavy atom. The van der Waals surface area contributed by atoms with Gasteiger partial charge in [0, 0.05) is 19.3 Å². The van der Waals surface area contributed by atoms with Crippen LogP contribution in [0.2, 0.25) is 0 Å². The Kier molecular flexibility index (Phi) is 61.8. The molecule has 1 atom stereocenters. The van der Waals surface area contributed by atoms with Gasteiger partial charge in [0.25, 0.3) is 0 Å². The number of allylic oxidation sites excluding steroid dienone is 16. The third kappa shape index (κ3) is 63.0. The average molecular weight is 1070 g/mol. The fourth-order valence-corrected chi connectivity index (χ4v) is 9.19. The van der Waals surface area contributed by atoms with Crippen molar-refractivity contribution in [3.05, 3.63) is 97.2 Å². The van der Waals surface area contributed by atoms with Crippen molar-refractivity contribution < 1.29 is 28.6 Å². The molecule has 0 fully saturated rings. The maximum absolute atomic E-state index is 12.9. The van der Waals surface area contributed by atoms with Gasteiger partial charge in [-0.25, -0.2) is 0 Å². The molecule has 0 aliphatic rings. The number of hydrogen-bond acceptors (Lipinski definition) is 6. The van der Waals surface area contributed by atoms with Crippen LogP contribution in [-0.2, 0) is 28.6 Å². The van der Waals surface area contributed by atoms with Crippen LogP contribution in [0.4, 0.5) is 0 Å². The third-order valence-corrected chi connectivity index (χ3v) is 14.1. The van der Waals surface area contributed by atoms with E-state index in [2.05, 4.69) is 118 Å². The highest BCUT2D eigenvalue weighted by atomic mass is 16.6. The fraction of sp³-hybridized carbons (Fsp3) is 0.732. The molecule has 0 aromatic rings. The summed E-state index contributed by atoms with van der Waals surface area (Å²) in [6.45, 7) is 6.51. The molecule has 77 heavy (non-hydrogen) atoms. The Hall–Kier alpha value is -3.67. The summed E-state index contributed by atoms with van der Waals surface area (Å²) >= 11 is 0. The van der Waals surface area contributed by atoms with Gasteiger partial charge in [0.05, 0.1) is 0 Å². The Labute approximate surface area is 477 Å². The van der Waals surface area contributed by atoms with Gasteiger partial charge in [-0.3, -0.25) is 14.4 Å². The van der Waals surface area contributed by atoms with Gasteiger partial charge in [-0.05, 0) is 96.3 Å². The minimum absolute atomic E-state index is 0.0954. The highest BCUT2D eigenvalue weighted by Crippen LogP contribution is 2.17. The number of esters is 3. The first-order valence-electron chi connectivity index (χ1n) is 32.7. The zero-order valence-corrected chi connectivity index (χ0v) is 50.7. The highest BCUT2D eigenvalue weighted by molar-refractivity contribution is 5.71. The molecule has 0 aromatic carbocycles. The van der Waals surface area contributed by atoms with E-state index < -0.39 is 6.10 Å². The lowest BCUT2D eigenvalue weighted by Crippen LogP contribution is -2.30. The van der Waals surface area contributed by atoms with Crippen molar-refractivity contribution >= 4 is 17.9 Å². The van der Waals surface area contributed by atoms with Crippen molar-refractivity contribution in [3.63, 3.8) is 0 Å². The van der Waals surface area contributed by atoms with E-state index in [0.29, 0.717) is 19.3 Å². The monoisotopic (exact) mass is 1070 g/mol. The topological polar surface area (TPSA) is 78.9 Å². The Balaban J connectivity index is 4.46. The number of hydrogen-bond donors (Lipinski definition) is 0. The maximum Gasteiger partial charge on any atom is 0.306 e. The van der Waals surface area contributed by atoms with Crippen molar-refractivity contribution in [2.45, 2.75) is 322 Å². The molecule has 0 saturated carbocycles. The fourth-order valence-electron chi connectivity index (χ4n) is 9.19. The summed E-state index contributed by atoms with van der Waals surface area (Å²) in [5, 5.41) is 0. The molecule has 0 aromatic heterocycles. The lowest BCUT2D eigenvalue weighted by atomic mass is 10.0. The molecule has 0 rings (SSSR count). The SMILES string of the molecule is CC/C=C\C/C=C\C/C=C\C/C=C\C/C=C\C/C=C\C/C=C\CCCC(=O)OCC(COC(=O)CCCCCCCCC/C=C\CCCCCCCC)OC(=O)CCCCCCCCCCCCCCCCCCCCC. The second-order valence-electron chi connectivity index (χ2n) is 21.6. The summed E-state index contributed by atoms with van der Waals surface area (Å²) in [5.74, 6) is -0.948. The standard InChI is InChI=1S/C71H122O6/c1-4-7-10-13-16-19-22-25-28-31-33-34-35-36-38-40-43-46-49-52-55-58-61-64-70(73)76-67-68(66-75-69(72)63-60-57-54-51-48-45-42-39-30-27-24-21-18-15-12-9-6-3)77-71(74)65-62-59-56-53-50-47-44-41-37-32-29-26-23-20-17-14-11-8-5-2/h7,10,16,19,25,27-28,30,33-34,36,38,43,46,52,55,68H,4-6,8-9,11-15,17-18,20-24,26,29,31-32,35,37,39-42,44-45,47-51,53-54,56-67H2,1-3H3/b10-7-,19-16-,28-25-,30-27-,34-33-,38-36-,46-43-,55-52-. The molecular formula is C71H122O6. The van der Waals surface area contributed by atoms with Crippen molar-refractivity contribution in [1.82, 2.24) is 0 Å². The Bertz CT molecular complexity index is 1510. The smallest absolute Gasteiger partial charge is 0.306 e. The first-order chi connectivity index (χ1) is 38.0. The number of ether oxygens (including phenoxy) is 3. The summed E-state index contributed by atoms with van der Waals surface area (Å²) in [6, 6.07) is 0. The van der Waals surface area contributed by atoms with E-state index in [0.717, 1.165) is 89.9 Å². The molecule has 6 heteroatoms. The zero-order valence-electron chi connectivity index (χ0n) is 50.7. The molecule has 0 saturated heterocycles. The quantitative estimate of drug-likeness (QED) is 0.0261. The van der Waals surface area contributed by atoms with Gasteiger partial charge in [0.2, 0.25) is 0 Å². The lowest BCUT2D eigenvalue weighted by molar-refractivity contribution is -0.167. The van der Waals surface area contributed by atoms with E-state index in [4.69, 9.17) is 14.2 Å². The van der Waals surface area contributed by atoms with Gasteiger partial charge < -0.3 is 14.2 Å². The van der Waals surface area contributed by atoms with Gasteiger partial charge in [0.1, 0.15) is 13.2 Å². The third-order valence-electron chi connectivity index (χ3n) is 14.1. The molecule has 0 aliphatic carbocycles. The van der Waals surface area contributed by atoms with Crippen LogP contribution in [0.25, 0.3) is 0 Å². The van der Waals surface area contributed by atoms with Crippen LogP contribution in [0.15, 0.2) is 97.2 Å². The van der Waals surface area contributed by atoms with Crippen molar-refractivity contribution in [3.8, 4) is 0 Å². The number of carbonyl (C=O) groups is 3. The van der Waals surface area contributed by atoms with Crippen molar-refractivity contribution in [2.24, 2.45) is 0 Å². The minimum Gasteiger partial charge on any atom is -0.462 e. The summed E-state index contributed by atoms with van der Waals surface area (Å²) in [6.07, 6.45) is 87.0. The van der Waals surface area contributed by atoms with Crippen LogP contribution in [0.5, 0.6) is 0 Å². The molecule has 6 nitrogen and oxygen atoms in total. The van der Waals surface area contributed by atoms with Crippen LogP contribution in [0.3, 0.4) is 0 Å². The van der Waals surface area contributed by atoms with Gasteiger partial charge in [-0.1, -0.05) is 298 Å². The first-order valence-corrected chi connectivity index (χ1v) is 32.7. The molecule has 442 valence electrons. The van der Waals surface area contributed by atoms with Gasteiger partial charge in [-0.15, -0.1) is 0 Å². The van der Waals surface area contributed by atoms with Crippen LogP contribution < -0.4 is 0 Å². The molecular weight excluding hydrogens is 949 g/mol. The number of carbonyl (C=O) groups excluding carboxylic acids is 3. The van der Waals surface area contributed by atoms with Crippen LogP contribution >= 0.6 is 0 Å². The van der Waals surface area contributed by atoms with E-state index >= 15 is 0 Å². The highest BCUT2D eigenvalue weighted by Gasteiger charge is 2.19. The summed E-state index contributed by atoms with van der Waals surface area (Å²) < 4.78 is 16.9. The summed E-state index contributed by atoms with van der Waals surface area (Å²) in [7, 11) is 0.